The van der Waals surface area contributed by atoms with Gasteiger partial charge in [-0.25, -0.2) is 4.79 Å². The number of fused-ring (bicyclic) bond motifs is 1. The van der Waals surface area contributed by atoms with Crippen molar-refractivity contribution in [2.45, 2.75) is 13.8 Å². The molecule has 0 aliphatic heterocycles. The van der Waals surface area contributed by atoms with Crippen molar-refractivity contribution in [1.29, 1.82) is 0 Å². The van der Waals surface area contributed by atoms with Gasteiger partial charge in [-0.2, -0.15) is 0 Å². The highest BCUT2D eigenvalue weighted by Crippen LogP contribution is 2.39. The fourth-order valence-electron chi connectivity index (χ4n) is 1.97. The van der Waals surface area contributed by atoms with Crippen molar-refractivity contribution in [3.63, 3.8) is 0 Å². The third-order valence-electron chi connectivity index (χ3n) is 2.85. The third-order valence-corrected chi connectivity index (χ3v) is 4.56. The Bertz CT molecular complexity index is 707. The standard InChI is InChI=1S/C14H13BrCl2N2O2/c1-3-18-12-7-5-9(15)10(16)11(17)13(7)19-6-8(12)14(20)21-4-2/h5-6H,3-4H2,1-2H3,(H,18,19). The maximum Gasteiger partial charge on any atom is 0.341 e. The second-order valence-corrected chi connectivity index (χ2v) is 5.79. The summed E-state index contributed by atoms with van der Waals surface area (Å²) in [4.78, 5) is 16.3. The number of nitrogens with zero attached hydrogens (tertiary/aromatic N) is 1. The van der Waals surface area contributed by atoms with Crippen LogP contribution in [0.2, 0.25) is 10.0 Å². The van der Waals surface area contributed by atoms with E-state index in [1.165, 1.54) is 6.20 Å². The number of pyridine rings is 1. The molecule has 0 fully saturated rings. The van der Waals surface area contributed by atoms with Gasteiger partial charge in [0.25, 0.3) is 0 Å². The van der Waals surface area contributed by atoms with Gasteiger partial charge in [-0.3, -0.25) is 4.98 Å². The molecule has 0 aliphatic carbocycles. The first-order valence-corrected chi connectivity index (χ1v) is 7.93. The lowest BCUT2D eigenvalue weighted by molar-refractivity contribution is 0.0527. The van der Waals surface area contributed by atoms with Gasteiger partial charge in [-0.05, 0) is 35.8 Å². The number of esters is 1. The Hall–Kier alpha value is -1.04. The van der Waals surface area contributed by atoms with E-state index in [1.54, 1.807) is 13.0 Å². The zero-order valence-corrected chi connectivity index (χ0v) is 14.6. The second-order valence-electron chi connectivity index (χ2n) is 4.18. The van der Waals surface area contributed by atoms with Gasteiger partial charge in [0.2, 0.25) is 0 Å². The molecular weight excluding hydrogens is 379 g/mol. The average Bonchev–Trinajstić information content (AvgIpc) is 2.46. The van der Waals surface area contributed by atoms with Crippen molar-refractivity contribution in [3.8, 4) is 0 Å². The van der Waals surface area contributed by atoms with Crippen molar-refractivity contribution in [2.75, 3.05) is 18.5 Å². The van der Waals surface area contributed by atoms with Gasteiger partial charge in [0, 0.05) is 22.6 Å². The van der Waals surface area contributed by atoms with Crippen molar-refractivity contribution in [3.05, 3.63) is 32.3 Å². The van der Waals surface area contributed by atoms with Crippen molar-refractivity contribution >= 4 is 61.7 Å². The summed E-state index contributed by atoms with van der Waals surface area (Å²) in [6.07, 6.45) is 1.45. The predicted molar refractivity (Wildman–Crippen MR) is 89.6 cm³/mol. The molecule has 4 nitrogen and oxygen atoms in total. The minimum Gasteiger partial charge on any atom is -0.462 e. The summed E-state index contributed by atoms with van der Waals surface area (Å²) in [7, 11) is 0. The molecule has 1 aromatic carbocycles. The molecule has 1 N–H and O–H groups in total. The summed E-state index contributed by atoms with van der Waals surface area (Å²) in [5.74, 6) is -0.426. The molecule has 0 radical (unpaired) electrons. The molecule has 0 spiro atoms. The Kier molecular flexibility index (Phi) is 5.30. The lowest BCUT2D eigenvalue weighted by atomic mass is 10.1. The van der Waals surface area contributed by atoms with E-state index in [2.05, 4.69) is 26.2 Å². The molecule has 2 aromatic rings. The Balaban J connectivity index is 2.76. The summed E-state index contributed by atoms with van der Waals surface area (Å²) < 4.78 is 5.70. The molecule has 0 saturated carbocycles. The molecule has 0 saturated heterocycles. The molecule has 0 atom stereocenters. The van der Waals surface area contributed by atoms with Gasteiger partial charge in [0.15, 0.2) is 0 Å². The number of benzene rings is 1. The highest BCUT2D eigenvalue weighted by molar-refractivity contribution is 9.10. The van der Waals surface area contributed by atoms with Crippen LogP contribution in [0.3, 0.4) is 0 Å². The molecule has 21 heavy (non-hydrogen) atoms. The number of carbonyl (C=O) groups is 1. The third kappa shape index (κ3) is 3.10. The van der Waals surface area contributed by atoms with Crippen LogP contribution in [0, 0.1) is 0 Å². The normalized spacial score (nSPS) is 10.7. The van der Waals surface area contributed by atoms with Gasteiger partial charge in [-0.15, -0.1) is 0 Å². The van der Waals surface area contributed by atoms with E-state index in [9.17, 15) is 4.79 Å². The number of halogens is 3. The van der Waals surface area contributed by atoms with Crippen molar-refractivity contribution < 1.29 is 9.53 Å². The molecule has 112 valence electrons. The highest BCUT2D eigenvalue weighted by atomic mass is 79.9. The monoisotopic (exact) mass is 390 g/mol. The van der Waals surface area contributed by atoms with Gasteiger partial charge in [0.05, 0.1) is 27.9 Å². The summed E-state index contributed by atoms with van der Waals surface area (Å²) in [5, 5.41) is 4.62. The smallest absolute Gasteiger partial charge is 0.341 e. The molecule has 1 aromatic heterocycles. The molecule has 7 heteroatoms. The lowest BCUT2D eigenvalue weighted by Gasteiger charge is -2.14. The quantitative estimate of drug-likeness (QED) is 0.594. The first kappa shape index (κ1) is 16.3. The number of hydrogen-bond donors (Lipinski definition) is 1. The summed E-state index contributed by atoms with van der Waals surface area (Å²) in [5.41, 5.74) is 1.55. The topological polar surface area (TPSA) is 51.2 Å². The van der Waals surface area contributed by atoms with E-state index in [-0.39, 0.29) is 0 Å². The van der Waals surface area contributed by atoms with E-state index < -0.39 is 5.97 Å². The maximum atomic E-state index is 12.0. The van der Waals surface area contributed by atoms with E-state index in [0.717, 1.165) is 0 Å². The van der Waals surface area contributed by atoms with Crippen LogP contribution in [0.15, 0.2) is 16.7 Å². The highest BCUT2D eigenvalue weighted by Gasteiger charge is 2.19. The molecule has 0 aliphatic rings. The number of carbonyl (C=O) groups excluding carboxylic acids is 1. The average molecular weight is 392 g/mol. The zero-order valence-electron chi connectivity index (χ0n) is 11.5. The van der Waals surface area contributed by atoms with Crippen LogP contribution in [0.4, 0.5) is 5.69 Å². The van der Waals surface area contributed by atoms with Crippen LogP contribution in [0.25, 0.3) is 10.9 Å². The van der Waals surface area contributed by atoms with Gasteiger partial charge < -0.3 is 10.1 Å². The number of rotatable bonds is 4. The first-order valence-electron chi connectivity index (χ1n) is 6.38. The molecule has 2 rings (SSSR count). The molecular formula is C14H13BrCl2N2O2. The van der Waals surface area contributed by atoms with Crippen LogP contribution in [0.1, 0.15) is 24.2 Å². The first-order chi connectivity index (χ1) is 10.0. The number of aromatic nitrogens is 1. The Morgan fingerprint density at radius 3 is 2.71 bits per heavy atom. The largest absolute Gasteiger partial charge is 0.462 e. The molecule has 0 bridgehead atoms. The molecule has 1 heterocycles. The minimum atomic E-state index is -0.426. The maximum absolute atomic E-state index is 12.0. The van der Waals surface area contributed by atoms with Crippen molar-refractivity contribution in [2.24, 2.45) is 0 Å². The van der Waals surface area contributed by atoms with Crippen molar-refractivity contribution in [1.82, 2.24) is 4.98 Å². The number of hydrogen-bond acceptors (Lipinski definition) is 4. The van der Waals surface area contributed by atoms with Gasteiger partial charge in [-0.1, -0.05) is 23.2 Å². The molecule has 0 unspecified atom stereocenters. The number of anilines is 1. The lowest BCUT2D eigenvalue weighted by Crippen LogP contribution is -2.11. The Labute approximate surface area is 140 Å². The predicted octanol–water partition coefficient (Wildman–Crippen LogP) is 4.91. The fourth-order valence-corrected chi connectivity index (χ4v) is 2.91. The Morgan fingerprint density at radius 1 is 1.38 bits per heavy atom. The number of ether oxygens (including phenoxy) is 1. The fraction of sp³-hybridized carbons (Fsp3) is 0.286. The van der Waals surface area contributed by atoms with Gasteiger partial charge in [0.1, 0.15) is 5.56 Å². The SMILES string of the molecule is CCNc1c(C(=O)OCC)cnc2c(Cl)c(Cl)c(Br)cc12. The van der Waals surface area contributed by atoms with E-state index in [0.29, 0.717) is 49.8 Å². The van der Waals surface area contributed by atoms with Crippen LogP contribution in [0.5, 0.6) is 0 Å². The Morgan fingerprint density at radius 2 is 2.10 bits per heavy atom. The molecule has 0 amide bonds. The minimum absolute atomic E-state index is 0.299. The van der Waals surface area contributed by atoms with Gasteiger partial charge >= 0.3 is 5.97 Å². The summed E-state index contributed by atoms with van der Waals surface area (Å²) >= 11 is 15.7. The van der Waals surface area contributed by atoms with E-state index >= 15 is 0 Å². The second kappa shape index (κ2) is 6.81. The van der Waals surface area contributed by atoms with E-state index in [1.807, 2.05) is 6.92 Å². The number of nitrogens with one attached hydrogen (secondary N) is 1. The van der Waals surface area contributed by atoms with Crippen LogP contribution in [-0.2, 0) is 4.74 Å². The van der Waals surface area contributed by atoms with Crippen LogP contribution >= 0.6 is 39.1 Å². The van der Waals surface area contributed by atoms with E-state index in [4.69, 9.17) is 27.9 Å². The van der Waals surface area contributed by atoms with Crippen LogP contribution < -0.4 is 5.32 Å². The summed E-state index contributed by atoms with van der Waals surface area (Å²) in [6.45, 7) is 4.64. The summed E-state index contributed by atoms with van der Waals surface area (Å²) in [6, 6.07) is 1.79. The van der Waals surface area contributed by atoms with Crippen LogP contribution in [-0.4, -0.2) is 24.1 Å². The zero-order chi connectivity index (χ0) is 15.6.